The molecule has 1 atom stereocenters. The van der Waals surface area contributed by atoms with Crippen LogP contribution in [0.3, 0.4) is 0 Å². The summed E-state index contributed by atoms with van der Waals surface area (Å²) in [4.78, 5) is 0. The van der Waals surface area contributed by atoms with Crippen molar-refractivity contribution in [3.8, 4) is 0 Å². The van der Waals surface area contributed by atoms with E-state index in [1.165, 1.54) is 0 Å². The molecule has 3 N–H and O–H groups in total. The number of rotatable bonds is 4. The van der Waals surface area contributed by atoms with Crippen LogP contribution in [0.5, 0.6) is 0 Å². The second-order valence-electron chi connectivity index (χ2n) is 3.23. The molecular formula is C8H18N2. The Kier molecular flexibility index (Phi) is 4.28. The van der Waals surface area contributed by atoms with E-state index in [2.05, 4.69) is 20.8 Å². The van der Waals surface area contributed by atoms with Crippen LogP contribution in [-0.2, 0) is 0 Å². The second-order valence-corrected chi connectivity index (χ2v) is 3.23. The van der Waals surface area contributed by atoms with Gasteiger partial charge in [0.25, 0.3) is 0 Å². The Labute approximate surface area is 63.3 Å². The van der Waals surface area contributed by atoms with Crippen LogP contribution < -0.4 is 5.73 Å². The minimum Gasteiger partial charge on any atom is -0.326 e. The third kappa shape index (κ3) is 3.62. The van der Waals surface area contributed by atoms with Gasteiger partial charge in [-0.05, 0) is 18.3 Å². The molecule has 0 saturated carbocycles. The standard InChI is InChI=1S/C8H18N2/c1-6(2)7(3)4-8(10)5-9/h6-7,10H,4-5,9H2,1-3H3. The van der Waals surface area contributed by atoms with E-state index in [0.717, 1.165) is 6.42 Å². The molecule has 0 aliphatic carbocycles. The lowest BCUT2D eigenvalue weighted by molar-refractivity contribution is 0.431. The quantitative estimate of drug-likeness (QED) is 0.576. The summed E-state index contributed by atoms with van der Waals surface area (Å²) in [5, 5.41) is 7.34. The van der Waals surface area contributed by atoms with Gasteiger partial charge in [0, 0.05) is 12.3 Å². The van der Waals surface area contributed by atoms with Crippen LogP contribution >= 0.6 is 0 Å². The summed E-state index contributed by atoms with van der Waals surface area (Å²) in [5.41, 5.74) is 5.96. The van der Waals surface area contributed by atoms with Crippen molar-refractivity contribution in [1.29, 1.82) is 5.41 Å². The van der Waals surface area contributed by atoms with E-state index in [0.29, 0.717) is 24.1 Å². The first-order chi connectivity index (χ1) is 4.57. The molecule has 0 rings (SSSR count). The Balaban J connectivity index is 3.57. The molecule has 2 heteroatoms. The van der Waals surface area contributed by atoms with Gasteiger partial charge >= 0.3 is 0 Å². The average molecular weight is 142 g/mol. The van der Waals surface area contributed by atoms with E-state index in [1.807, 2.05) is 0 Å². The summed E-state index contributed by atoms with van der Waals surface area (Å²) < 4.78 is 0. The highest BCUT2D eigenvalue weighted by molar-refractivity contribution is 5.83. The van der Waals surface area contributed by atoms with Gasteiger partial charge in [-0.15, -0.1) is 0 Å². The fourth-order valence-electron chi connectivity index (χ4n) is 0.708. The number of hydrogen-bond acceptors (Lipinski definition) is 2. The topological polar surface area (TPSA) is 49.9 Å². The SMILES string of the molecule is CC(C)C(C)CC(=N)CN. The van der Waals surface area contributed by atoms with E-state index >= 15 is 0 Å². The van der Waals surface area contributed by atoms with Gasteiger partial charge in [0.2, 0.25) is 0 Å². The van der Waals surface area contributed by atoms with E-state index in [9.17, 15) is 0 Å². The molecular weight excluding hydrogens is 124 g/mol. The smallest absolute Gasteiger partial charge is 0.0307 e. The highest BCUT2D eigenvalue weighted by Crippen LogP contribution is 2.13. The van der Waals surface area contributed by atoms with Crippen molar-refractivity contribution in [2.45, 2.75) is 27.2 Å². The van der Waals surface area contributed by atoms with E-state index in [-0.39, 0.29) is 0 Å². The highest BCUT2D eigenvalue weighted by atomic mass is 14.6. The Bertz CT molecular complexity index is 108. The van der Waals surface area contributed by atoms with Crippen LogP contribution in [0.4, 0.5) is 0 Å². The van der Waals surface area contributed by atoms with E-state index < -0.39 is 0 Å². The minimum atomic E-state index is 0.414. The van der Waals surface area contributed by atoms with Crippen molar-refractivity contribution in [3.05, 3.63) is 0 Å². The Hall–Kier alpha value is -0.370. The van der Waals surface area contributed by atoms with Gasteiger partial charge < -0.3 is 11.1 Å². The average Bonchev–Trinajstić information content (AvgIpc) is 1.87. The third-order valence-electron chi connectivity index (χ3n) is 1.95. The van der Waals surface area contributed by atoms with Gasteiger partial charge in [-0.25, -0.2) is 0 Å². The fraction of sp³-hybridized carbons (Fsp3) is 0.875. The molecule has 0 aliphatic heterocycles. The maximum Gasteiger partial charge on any atom is 0.0307 e. The largest absolute Gasteiger partial charge is 0.326 e. The van der Waals surface area contributed by atoms with Crippen molar-refractivity contribution >= 4 is 5.71 Å². The normalized spacial score (nSPS) is 13.7. The highest BCUT2D eigenvalue weighted by Gasteiger charge is 2.08. The predicted molar refractivity (Wildman–Crippen MR) is 45.4 cm³/mol. The maximum absolute atomic E-state index is 7.34. The van der Waals surface area contributed by atoms with Crippen LogP contribution in [-0.4, -0.2) is 12.3 Å². The zero-order valence-corrected chi connectivity index (χ0v) is 7.15. The molecule has 10 heavy (non-hydrogen) atoms. The molecule has 0 aromatic rings. The molecule has 0 heterocycles. The van der Waals surface area contributed by atoms with Crippen molar-refractivity contribution < 1.29 is 0 Å². The van der Waals surface area contributed by atoms with Gasteiger partial charge in [0.1, 0.15) is 0 Å². The fourth-order valence-corrected chi connectivity index (χ4v) is 0.708. The van der Waals surface area contributed by atoms with Crippen LogP contribution in [0.1, 0.15) is 27.2 Å². The van der Waals surface area contributed by atoms with Crippen LogP contribution in [0, 0.1) is 17.2 Å². The maximum atomic E-state index is 7.34. The summed E-state index contributed by atoms with van der Waals surface area (Å²) in [6.07, 6.45) is 0.855. The van der Waals surface area contributed by atoms with Crippen molar-refractivity contribution in [2.24, 2.45) is 17.6 Å². The van der Waals surface area contributed by atoms with Crippen molar-refractivity contribution in [1.82, 2.24) is 0 Å². The van der Waals surface area contributed by atoms with Crippen LogP contribution in [0.2, 0.25) is 0 Å². The molecule has 0 aromatic carbocycles. The van der Waals surface area contributed by atoms with Crippen molar-refractivity contribution in [2.75, 3.05) is 6.54 Å². The zero-order valence-electron chi connectivity index (χ0n) is 7.15. The lowest BCUT2D eigenvalue weighted by atomic mass is 9.92. The molecule has 0 bridgehead atoms. The third-order valence-corrected chi connectivity index (χ3v) is 1.95. The first kappa shape index (κ1) is 9.63. The van der Waals surface area contributed by atoms with Gasteiger partial charge in [-0.1, -0.05) is 20.8 Å². The lowest BCUT2D eigenvalue weighted by Gasteiger charge is -2.14. The summed E-state index contributed by atoms with van der Waals surface area (Å²) in [6.45, 7) is 6.93. The predicted octanol–water partition coefficient (Wildman–Crippen LogP) is 1.65. The molecule has 0 aliphatic rings. The number of hydrogen-bond donors (Lipinski definition) is 2. The second kappa shape index (κ2) is 4.45. The molecule has 0 amide bonds. The molecule has 0 saturated heterocycles. The summed E-state index contributed by atoms with van der Waals surface area (Å²) in [7, 11) is 0. The molecule has 0 aromatic heterocycles. The summed E-state index contributed by atoms with van der Waals surface area (Å²) in [6, 6.07) is 0. The molecule has 2 nitrogen and oxygen atoms in total. The van der Waals surface area contributed by atoms with Gasteiger partial charge in [0.15, 0.2) is 0 Å². The molecule has 1 unspecified atom stereocenters. The van der Waals surface area contributed by atoms with E-state index in [4.69, 9.17) is 11.1 Å². The Morgan fingerprint density at radius 2 is 1.90 bits per heavy atom. The first-order valence-electron chi connectivity index (χ1n) is 3.84. The van der Waals surface area contributed by atoms with Crippen LogP contribution in [0.25, 0.3) is 0 Å². The minimum absolute atomic E-state index is 0.414. The monoisotopic (exact) mass is 142 g/mol. The number of nitrogens with one attached hydrogen (secondary N) is 1. The molecule has 0 fully saturated rings. The first-order valence-corrected chi connectivity index (χ1v) is 3.84. The van der Waals surface area contributed by atoms with Crippen molar-refractivity contribution in [3.63, 3.8) is 0 Å². The zero-order chi connectivity index (χ0) is 8.15. The number of nitrogens with two attached hydrogens (primary N) is 1. The van der Waals surface area contributed by atoms with Gasteiger partial charge in [-0.3, -0.25) is 0 Å². The molecule has 60 valence electrons. The van der Waals surface area contributed by atoms with Crippen LogP contribution in [0.15, 0.2) is 0 Å². The lowest BCUT2D eigenvalue weighted by Crippen LogP contribution is -2.17. The molecule has 0 radical (unpaired) electrons. The van der Waals surface area contributed by atoms with Gasteiger partial charge in [0.05, 0.1) is 0 Å². The summed E-state index contributed by atoms with van der Waals surface area (Å²) >= 11 is 0. The van der Waals surface area contributed by atoms with E-state index in [1.54, 1.807) is 0 Å². The Morgan fingerprint density at radius 3 is 2.20 bits per heavy atom. The Morgan fingerprint density at radius 1 is 1.40 bits per heavy atom. The summed E-state index contributed by atoms with van der Waals surface area (Å²) in [5.74, 6) is 1.25. The van der Waals surface area contributed by atoms with Gasteiger partial charge in [-0.2, -0.15) is 0 Å². The molecule has 0 spiro atoms.